The predicted molar refractivity (Wildman–Crippen MR) is 37.3 cm³/mol. The lowest BCUT2D eigenvalue weighted by atomic mass is 10.2. The molecule has 10 heavy (non-hydrogen) atoms. The first-order chi connectivity index (χ1) is 4.79. The van der Waals surface area contributed by atoms with Gasteiger partial charge in [0.05, 0.1) is 0 Å². The lowest BCUT2D eigenvalue weighted by molar-refractivity contribution is -0.0666. The van der Waals surface area contributed by atoms with Crippen molar-refractivity contribution in [2.24, 2.45) is 0 Å². The second kappa shape index (κ2) is 4.02. The quantitative estimate of drug-likeness (QED) is 0.607. The van der Waals surface area contributed by atoms with Gasteiger partial charge in [-0.15, -0.1) is 0 Å². The molecule has 1 N–H and O–H groups in total. The minimum atomic E-state index is -2.14. The van der Waals surface area contributed by atoms with Crippen molar-refractivity contribution in [3.8, 4) is 0 Å². The van der Waals surface area contributed by atoms with E-state index in [0.29, 0.717) is 0 Å². The number of nitrogens with zero attached hydrogens (tertiary/aromatic N) is 1. The number of hydroxylamine groups is 2. The highest BCUT2D eigenvalue weighted by Crippen LogP contribution is 2.08. The summed E-state index contributed by atoms with van der Waals surface area (Å²) in [5, 5.41) is 1.54. The van der Waals surface area contributed by atoms with Crippen LogP contribution in [0.2, 0.25) is 0 Å². The molecule has 0 aliphatic carbocycles. The third-order valence-corrected chi connectivity index (χ3v) is 1.82. The monoisotopic (exact) mass is 165 g/mol. The van der Waals surface area contributed by atoms with E-state index in [2.05, 4.69) is 4.28 Å². The molecule has 1 saturated heterocycles. The van der Waals surface area contributed by atoms with E-state index in [9.17, 15) is 4.21 Å². The van der Waals surface area contributed by atoms with Gasteiger partial charge in [0.25, 0.3) is 0 Å². The summed E-state index contributed by atoms with van der Waals surface area (Å²) in [6.45, 7) is 1.54. The van der Waals surface area contributed by atoms with Crippen LogP contribution in [0.5, 0.6) is 0 Å². The van der Waals surface area contributed by atoms with Gasteiger partial charge in [-0.2, -0.15) is 13.6 Å². The summed E-state index contributed by atoms with van der Waals surface area (Å²) in [6.07, 6.45) is 3.30. The van der Waals surface area contributed by atoms with Crippen LogP contribution in [-0.4, -0.2) is 26.9 Å². The number of hydrogen-bond acceptors (Lipinski definition) is 3. The molecule has 1 rings (SSSR count). The molecule has 4 nitrogen and oxygen atoms in total. The average molecular weight is 165 g/mol. The molecule has 0 radical (unpaired) electrons. The highest BCUT2D eigenvalue weighted by molar-refractivity contribution is 7.74. The lowest BCUT2D eigenvalue weighted by Crippen LogP contribution is -2.30. The van der Waals surface area contributed by atoms with Gasteiger partial charge in [-0.05, 0) is 12.8 Å². The zero-order chi connectivity index (χ0) is 7.40. The summed E-state index contributed by atoms with van der Waals surface area (Å²) in [5.41, 5.74) is 0. The molecule has 0 saturated carbocycles. The lowest BCUT2D eigenvalue weighted by Gasteiger charge is -2.22. The molecule has 0 amide bonds. The van der Waals surface area contributed by atoms with E-state index < -0.39 is 11.4 Å². The predicted octanol–water partition coefficient (Wildman–Crippen LogP) is 0.541. The minimum absolute atomic E-state index is 0.770. The van der Waals surface area contributed by atoms with Gasteiger partial charge in [0.1, 0.15) is 0 Å². The van der Waals surface area contributed by atoms with Crippen LogP contribution in [0.4, 0.5) is 0 Å². The van der Waals surface area contributed by atoms with Gasteiger partial charge >= 0.3 is 11.4 Å². The maximum absolute atomic E-state index is 10.1. The average Bonchev–Trinajstić information content (AvgIpc) is 1.88. The Morgan fingerprint density at radius 2 is 1.90 bits per heavy atom. The molecule has 0 aromatic carbocycles. The van der Waals surface area contributed by atoms with Crippen molar-refractivity contribution >= 4 is 11.4 Å². The SMILES string of the molecule is O=S(O)ON1CCCCC1. The first-order valence-electron chi connectivity index (χ1n) is 3.33. The number of piperidine rings is 1. The summed E-state index contributed by atoms with van der Waals surface area (Å²) in [7, 11) is 0. The van der Waals surface area contributed by atoms with E-state index in [-0.39, 0.29) is 0 Å². The first-order valence-corrected chi connectivity index (χ1v) is 4.36. The van der Waals surface area contributed by atoms with E-state index in [1.165, 1.54) is 6.42 Å². The van der Waals surface area contributed by atoms with Gasteiger partial charge in [-0.3, -0.25) is 4.55 Å². The summed E-state index contributed by atoms with van der Waals surface area (Å²) < 4.78 is 23.0. The Morgan fingerprint density at radius 1 is 1.30 bits per heavy atom. The summed E-state index contributed by atoms with van der Waals surface area (Å²) in [5.74, 6) is 0. The Bertz CT molecular complexity index is 124. The molecule has 0 spiro atoms. The Morgan fingerprint density at radius 3 is 2.40 bits per heavy atom. The highest BCUT2D eigenvalue weighted by atomic mass is 32.2. The normalized spacial score (nSPS) is 24.5. The van der Waals surface area contributed by atoms with Crippen molar-refractivity contribution in [1.29, 1.82) is 0 Å². The molecule has 60 valence electrons. The molecule has 1 aliphatic rings. The zero-order valence-corrected chi connectivity index (χ0v) is 6.47. The van der Waals surface area contributed by atoms with Crippen LogP contribution in [0.25, 0.3) is 0 Å². The smallest absolute Gasteiger partial charge is 0.283 e. The van der Waals surface area contributed by atoms with E-state index in [0.717, 1.165) is 25.9 Å². The van der Waals surface area contributed by atoms with Crippen molar-refractivity contribution in [2.75, 3.05) is 13.1 Å². The molecule has 5 heteroatoms. The van der Waals surface area contributed by atoms with Crippen LogP contribution in [0.15, 0.2) is 0 Å². The van der Waals surface area contributed by atoms with Crippen molar-refractivity contribution in [1.82, 2.24) is 5.06 Å². The maximum Gasteiger partial charge on any atom is 0.319 e. The van der Waals surface area contributed by atoms with E-state index in [1.54, 1.807) is 5.06 Å². The molecule has 0 bridgehead atoms. The first kappa shape index (κ1) is 8.13. The van der Waals surface area contributed by atoms with Crippen molar-refractivity contribution in [3.63, 3.8) is 0 Å². The van der Waals surface area contributed by atoms with Gasteiger partial charge in [0.15, 0.2) is 0 Å². The molecule has 1 fully saturated rings. The Balaban J connectivity index is 2.19. The van der Waals surface area contributed by atoms with E-state index >= 15 is 0 Å². The second-order valence-electron chi connectivity index (χ2n) is 2.28. The molecule has 1 atom stereocenters. The number of rotatable bonds is 2. The molecule has 1 unspecified atom stereocenters. The van der Waals surface area contributed by atoms with Crippen LogP contribution in [0.3, 0.4) is 0 Å². The fraction of sp³-hybridized carbons (Fsp3) is 1.00. The highest BCUT2D eigenvalue weighted by Gasteiger charge is 2.12. The molecular formula is C5H11NO3S. The van der Waals surface area contributed by atoms with Crippen molar-refractivity contribution in [3.05, 3.63) is 0 Å². The Kier molecular flexibility index (Phi) is 3.27. The second-order valence-corrected chi connectivity index (χ2v) is 2.86. The largest absolute Gasteiger partial charge is 0.319 e. The topological polar surface area (TPSA) is 49.8 Å². The molecule has 1 aliphatic heterocycles. The van der Waals surface area contributed by atoms with E-state index in [4.69, 9.17) is 4.55 Å². The van der Waals surface area contributed by atoms with Gasteiger partial charge < -0.3 is 0 Å². The van der Waals surface area contributed by atoms with Crippen LogP contribution in [0.1, 0.15) is 19.3 Å². The maximum atomic E-state index is 10.1. The Hall–Kier alpha value is 0.0300. The third-order valence-electron chi connectivity index (χ3n) is 1.48. The van der Waals surface area contributed by atoms with Crippen LogP contribution in [-0.2, 0) is 15.6 Å². The number of hydrogen-bond donors (Lipinski definition) is 1. The summed E-state index contributed by atoms with van der Waals surface area (Å²) in [4.78, 5) is 0. The fourth-order valence-electron chi connectivity index (χ4n) is 1.03. The molecule has 1 heterocycles. The molecule has 0 aromatic heterocycles. The molecule has 0 aromatic rings. The van der Waals surface area contributed by atoms with Crippen molar-refractivity contribution < 1.29 is 13.0 Å². The standard InChI is InChI=1S/C5H11NO3S/c7-10(8)9-6-4-2-1-3-5-6/h1-5H2,(H,7,8). The van der Waals surface area contributed by atoms with Crippen LogP contribution in [0, 0.1) is 0 Å². The minimum Gasteiger partial charge on any atom is -0.283 e. The van der Waals surface area contributed by atoms with Crippen LogP contribution < -0.4 is 0 Å². The molecular weight excluding hydrogens is 154 g/mol. The van der Waals surface area contributed by atoms with Gasteiger partial charge in [0, 0.05) is 13.1 Å². The van der Waals surface area contributed by atoms with Gasteiger partial charge in [0.2, 0.25) is 0 Å². The van der Waals surface area contributed by atoms with Crippen molar-refractivity contribution in [2.45, 2.75) is 19.3 Å². The van der Waals surface area contributed by atoms with Gasteiger partial charge in [-0.1, -0.05) is 6.42 Å². The third kappa shape index (κ3) is 2.74. The van der Waals surface area contributed by atoms with Crippen LogP contribution >= 0.6 is 0 Å². The zero-order valence-electron chi connectivity index (χ0n) is 5.65. The van der Waals surface area contributed by atoms with Gasteiger partial charge in [-0.25, -0.2) is 0 Å². The fourth-order valence-corrected chi connectivity index (χ4v) is 1.36. The summed E-state index contributed by atoms with van der Waals surface area (Å²) in [6, 6.07) is 0. The Labute approximate surface area is 62.6 Å². The summed E-state index contributed by atoms with van der Waals surface area (Å²) >= 11 is -2.14. The van der Waals surface area contributed by atoms with E-state index in [1.807, 2.05) is 0 Å².